The highest BCUT2D eigenvalue weighted by molar-refractivity contribution is 6.31. The van der Waals surface area contributed by atoms with E-state index in [4.69, 9.17) is 20.8 Å². The number of ether oxygens (including phenoxy) is 1. The van der Waals surface area contributed by atoms with Crippen LogP contribution in [0.1, 0.15) is 6.92 Å². The zero-order valence-corrected chi connectivity index (χ0v) is 11.4. The zero-order valence-electron chi connectivity index (χ0n) is 10.6. The molecular weight excluding hydrogens is 268 g/mol. The average Bonchev–Trinajstić information content (AvgIpc) is 2.68. The van der Waals surface area contributed by atoms with Crippen molar-refractivity contribution < 1.29 is 9.15 Å². The molecule has 0 unspecified atom stereocenters. The van der Waals surface area contributed by atoms with Gasteiger partial charge in [0.2, 0.25) is 0 Å². The van der Waals surface area contributed by atoms with Crippen LogP contribution >= 0.6 is 11.6 Å². The molecule has 1 aromatic heterocycles. The van der Waals surface area contributed by atoms with E-state index in [-0.39, 0.29) is 11.8 Å². The summed E-state index contributed by atoms with van der Waals surface area (Å²) in [5.41, 5.74) is 1.30. The molecule has 0 saturated carbocycles. The van der Waals surface area contributed by atoms with Crippen molar-refractivity contribution in [1.29, 1.82) is 0 Å². The number of halogens is 1. The highest BCUT2D eigenvalue weighted by Crippen LogP contribution is 2.19. The summed E-state index contributed by atoms with van der Waals surface area (Å²) in [6.07, 6.45) is 0. The second kappa shape index (κ2) is 5.00. The van der Waals surface area contributed by atoms with Crippen LogP contribution < -0.4 is 5.76 Å². The van der Waals surface area contributed by atoms with E-state index in [1.807, 2.05) is 6.07 Å². The van der Waals surface area contributed by atoms with E-state index in [2.05, 4.69) is 11.8 Å². The topological polar surface area (TPSA) is 47.6 Å². The van der Waals surface area contributed by atoms with Crippen molar-refractivity contribution >= 4 is 22.7 Å². The number of morpholine rings is 1. The minimum absolute atomic E-state index is 0.290. The lowest BCUT2D eigenvalue weighted by atomic mass is 10.3. The lowest BCUT2D eigenvalue weighted by Gasteiger charge is -2.32. The molecule has 0 radical (unpaired) electrons. The summed E-state index contributed by atoms with van der Waals surface area (Å²) < 4.78 is 12.2. The summed E-state index contributed by atoms with van der Waals surface area (Å²) in [7, 11) is 0. The predicted octanol–water partition coefficient (Wildman–Crippen LogP) is 1.93. The first-order valence-corrected chi connectivity index (χ1v) is 6.63. The second-order valence-electron chi connectivity index (χ2n) is 4.79. The molecule has 0 aliphatic carbocycles. The highest BCUT2D eigenvalue weighted by Gasteiger charge is 2.21. The summed E-state index contributed by atoms with van der Waals surface area (Å²) in [5.74, 6) is -0.351. The number of rotatable bonds is 2. The molecule has 0 N–H and O–H groups in total. The molecule has 2 heterocycles. The summed E-state index contributed by atoms with van der Waals surface area (Å²) in [6, 6.07) is 5.53. The third-order valence-electron chi connectivity index (χ3n) is 3.46. The van der Waals surface area contributed by atoms with Gasteiger partial charge >= 0.3 is 5.76 Å². The SMILES string of the molecule is C[C@@H]1COCCN1Cn1c(=O)oc2cc(Cl)ccc21. The highest BCUT2D eigenvalue weighted by atomic mass is 35.5. The van der Waals surface area contributed by atoms with Crippen molar-refractivity contribution in [3.8, 4) is 0 Å². The Morgan fingerprint density at radius 2 is 2.32 bits per heavy atom. The monoisotopic (exact) mass is 282 g/mol. The van der Waals surface area contributed by atoms with Crippen LogP contribution in [0.25, 0.3) is 11.1 Å². The Morgan fingerprint density at radius 1 is 1.47 bits per heavy atom. The molecule has 3 rings (SSSR count). The van der Waals surface area contributed by atoms with Crippen molar-refractivity contribution in [1.82, 2.24) is 9.47 Å². The predicted molar refractivity (Wildman–Crippen MR) is 72.5 cm³/mol. The fourth-order valence-corrected chi connectivity index (χ4v) is 2.49. The van der Waals surface area contributed by atoms with Gasteiger partial charge in [0, 0.05) is 23.7 Å². The number of fused-ring (bicyclic) bond motifs is 1. The van der Waals surface area contributed by atoms with Crippen molar-refractivity contribution in [2.24, 2.45) is 0 Å². The van der Waals surface area contributed by atoms with Gasteiger partial charge in [-0.1, -0.05) is 11.6 Å². The van der Waals surface area contributed by atoms with Gasteiger partial charge in [0.15, 0.2) is 5.58 Å². The van der Waals surface area contributed by atoms with Gasteiger partial charge in [-0.2, -0.15) is 0 Å². The van der Waals surface area contributed by atoms with Gasteiger partial charge in [-0.3, -0.25) is 9.47 Å². The molecule has 1 aliphatic rings. The van der Waals surface area contributed by atoms with E-state index < -0.39 is 0 Å². The molecular formula is C13H15ClN2O3. The van der Waals surface area contributed by atoms with E-state index in [1.54, 1.807) is 16.7 Å². The average molecular weight is 283 g/mol. The Labute approximate surface area is 115 Å². The fraction of sp³-hybridized carbons (Fsp3) is 0.462. The summed E-state index contributed by atoms with van der Waals surface area (Å²) in [6.45, 7) is 4.80. The molecule has 0 spiro atoms. The van der Waals surface area contributed by atoms with Crippen LogP contribution in [-0.2, 0) is 11.4 Å². The second-order valence-corrected chi connectivity index (χ2v) is 5.22. The molecule has 1 aliphatic heterocycles. The molecule has 1 atom stereocenters. The molecule has 1 fully saturated rings. The number of nitrogens with zero attached hydrogens (tertiary/aromatic N) is 2. The van der Waals surface area contributed by atoms with E-state index in [0.717, 1.165) is 12.1 Å². The molecule has 2 aromatic rings. The third kappa shape index (κ3) is 2.41. The third-order valence-corrected chi connectivity index (χ3v) is 3.69. The molecule has 1 saturated heterocycles. The number of benzene rings is 1. The molecule has 6 heteroatoms. The van der Waals surface area contributed by atoms with E-state index in [9.17, 15) is 4.79 Å². The van der Waals surface area contributed by atoms with E-state index >= 15 is 0 Å². The van der Waals surface area contributed by atoms with Gasteiger partial charge < -0.3 is 9.15 Å². The quantitative estimate of drug-likeness (QED) is 0.844. The smallest absolute Gasteiger partial charge is 0.408 e. The van der Waals surface area contributed by atoms with Gasteiger partial charge in [-0.25, -0.2) is 4.79 Å². The first-order valence-electron chi connectivity index (χ1n) is 6.26. The largest absolute Gasteiger partial charge is 0.421 e. The number of aromatic nitrogens is 1. The first-order chi connectivity index (χ1) is 9.15. The minimum Gasteiger partial charge on any atom is -0.408 e. The summed E-state index contributed by atoms with van der Waals surface area (Å²) in [4.78, 5) is 14.1. The number of hydrogen-bond acceptors (Lipinski definition) is 4. The van der Waals surface area contributed by atoms with Crippen molar-refractivity contribution in [2.45, 2.75) is 19.6 Å². The zero-order chi connectivity index (χ0) is 13.4. The van der Waals surface area contributed by atoms with Gasteiger partial charge in [-0.05, 0) is 19.1 Å². The Hall–Kier alpha value is -1.30. The van der Waals surface area contributed by atoms with Crippen LogP contribution in [0.15, 0.2) is 27.4 Å². The van der Waals surface area contributed by atoms with E-state index in [1.165, 1.54) is 0 Å². The Morgan fingerprint density at radius 3 is 3.11 bits per heavy atom. The normalized spacial score (nSPS) is 21.1. The van der Waals surface area contributed by atoms with Gasteiger partial charge in [-0.15, -0.1) is 0 Å². The summed E-state index contributed by atoms with van der Waals surface area (Å²) in [5, 5.41) is 0.563. The lowest BCUT2D eigenvalue weighted by Crippen LogP contribution is -2.45. The maximum Gasteiger partial charge on any atom is 0.421 e. The fourth-order valence-electron chi connectivity index (χ4n) is 2.33. The maximum absolute atomic E-state index is 11.9. The van der Waals surface area contributed by atoms with Crippen LogP contribution in [0.5, 0.6) is 0 Å². The first kappa shape index (κ1) is 12.7. The van der Waals surface area contributed by atoms with Gasteiger partial charge in [0.25, 0.3) is 0 Å². The number of hydrogen-bond donors (Lipinski definition) is 0. The van der Waals surface area contributed by atoms with Crippen LogP contribution in [-0.4, -0.2) is 35.3 Å². The van der Waals surface area contributed by atoms with Crippen LogP contribution in [0, 0.1) is 0 Å². The van der Waals surface area contributed by atoms with Gasteiger partial charge in [0.05, 0.1) is 25.4 Å². The molecule has 0 bridgehead atoms. The van der Waals surface area contributed by atoms with E-state index in [0.29, 0.717) is 30.5 Å². The molecule has 5 nitrogen and oxygen atoms in total. The van der Waals surface area contributed by atoms with Gasteiger partial charge in [0.1, 0.15) is 0 Å². The van der Waals surface area contributed by atoms with Crippen molar-refractivity contribution in [2.75, 3.05) is 19.8 Å². The Bertz CT molecular complexity index is 649. The van der Waals surface area contributed by atoms with Crippen LogP contribution in [0.3, 0.4) is 0 Å². The lowest BCUT2D eigenvalue weighted by molar-refractivity contribution is -0.0155. The Balaban J connectivity index is 1.96. The van der Waals surface area contributed by atoms with Crippen LogP contribution in [0.2, 0.25) is 5.02 Å². The van der Waals surface area contributed by atoms with Crippen molar-refractivity contribution in [3.05, 3.63) is 33.8 Å². The molecule has 102 valence electrons. The number of oxazole rings is 1. The standard InChI is InChI=1S/C13H15ClN2O3/c1-9-7-18-5-4-15(9)8-16-11-3-2-10(14)6-12(11)19-13(16)17/h2-3,6,9H,4-5,7-8H2,1H3/t9-/m1/s1. The van der Waals surface area contributed by atoms with Crippen LogP contribution in [0.4, 0.5) is 0 Å². The molecule has 1 aromatic carbocycles. The molecule has 0 amide bonds. The minimum atomic E-state index is -0.351. The summed E-state index contributed by atoms with van der Waals surface area (Å²) >= 11 is 5.90. The molecule has 19 heavy (non-hydrogen) atoms. The maximum atomic E-state index is 11.9. The Kier molecular flexibility index (Phi) is 3.35. The van der Waals surface area contributed by atoms with Crippen molar-refractivity contribution in [3.63, 3.8) is 0 Å².